The molecule has 2 N–H and O–H groups in total. The third-order valence-electron chi connectivity index (χ3n) is 4.12. The molecule has 0 bridgehead atoms. The first-order chi connectivity index (χ1) is 9.09. The Morgan fingerprint density at radius 2 is 2.00 bits per heavy atom. The lowest BCUT2D eigenvalue weighted by atomic mass is 9.84. The maximum atomic E-state index is 12.6. The Hall–Kier alpha value is -1.06. The monoisotopic (exact) mass is 280 g/mol. The highest BCUT2D eigenvalue weighted by atomic mass is 35.5. The predicted molar refractivity (Wildman–Crippen MR) is 77.9 cm³/mol. The molecule has 1 aromatic rings. The van der Waals surface area contributed by atoms with E-state index < -0.39 is 0 Å². The Labute approximate surface area is 119 Å². The second-order valence-corrected chi connectivity index (χ2v) is 5.85. The van der Waals surface area contributed by atoms with Crippen LogP contribution in [0, 0.1) is 5.41 Å². The van der Waals surface area contributed by atoms with Gasteiger partial charge < -0.3 is 10.6 Å². The van der Waals surface area contributed by atoms with E-state index in [0.717, 1.165) is 31.2 Å². The maximum Gasteiger partial charge on any atom is 0.230 e. The SMILES string of the molecule is CN(Cc1ccccc1Cl)C(=O)C1(CN)CCCC1. The van der Waals surface area contributed by atoms with E-state index in [9.17, 15) is 4.79 Å². The van der Waals surface area contributed by atoms with E-state index in [1.165, 1.54) is 0 Å². The second-order valence-electron chi connectivity index (χ2n) is 5.44. The van der Waals surface area contributed by atoms with Gasteiger partial charge in [-0.1, -0.05) is 42.6 Å². The van der Waals surface area contributed by atoms with Gasteiger partial charge in [-0.3, -0.25) is 4.79 Å². The van der Waals surface area contributed by atoms with Crippen molar-refractivity contribution in [3.05, 3.63) is 34.9 Å². The summed E-state index contributed by atoms with van der Waals surface area (Å²) in [4.78, 5) is 14.4. The minimum absolute atomic E-state index is 0.160. The summed E-state index contributed by atoms with van der Waals surface area (Å²) in [5.41, 5.74) is 6.50. The van der Waals surface area contributed by atoms with Crippen molar-refractivity contribution in [1.29, 1.82) is 0 Å². The molecular weight excluding hydrogens is 260 g/mol. The molecule has 104 valence electrons. The lowest BCUT2D eigenvalue weighted by Gasteiger charge is -2.31. The van der Waals surface area contributed by atoms with E-state index in [0.29, 0.717) is 18.1 Å². The first kappa shape index (κ1) is 14.4. The minimum Gasteiger partial charge on any atom is -0.341 e. The highest BCUT2D eigenvalue weighted by molar-refractivity contribution is 6.31. The molecule has 1 aromatic carbocycles. The normalized spacial score (nSPS) is 17.4. The van der Waals surface area contributed by atoms with E-state index in [2.05, 4.69) is 0 Å². The average Bonchev–Trinajstić information content (AvgIpc) is 2.90. The Morgan fingerprint density at radius 3 is 2.58 bits per heavy atom. The second kappa shape index (κ2) is 5.93. The van der Waals surface area contributed by atoms with Gasteiger partial charge >= 0.3 is 0 Å². The summed E-state index contributed by atoms with van der Waals surface area (Å²) in [5, 5.41) is 0.704. The molecule has 0 spiro atoms. The fourth-order valence-corrected chi connectivity index (χ4v) is 3.11. The number of carbonyl (C=O) groups is 1. The quantitative estimate of drug-likeness (QED) is 0.922. The Bertz CT molecular complexity index is 455. The molecule has 1 fully saturated rings. The molecule has 2 rings (SSSR count). The van der Waals surface area contributed by atoms with Crippen LogP contribution in [0.3, 0.4) is 0 Å². The van der Waals surface area contributed by atoms with Crippen LogP contribution >= 0.6 is 11.6 Å². The summed E-state index contributed by atoms with van der Waals surface area (Å²) in [6, 6.07) is 7.64. The third-order valence-corrected chi connectivity index (χ3v) is 4.49. The molecule has 0 unspecified atom stereocenters. The van der Waals surface area contributed by atoms with E-state index in [1.807, 2.05) is 31.3 Å². The van der Waals surface area contributed by atoms with Crippen LogP contribution in [-0.4, -0.2) is 24.4 Å². The van der Waals surface area contributed by atoms with Crippen molar-refractivity contribution >= 4 is 17.5 Å². The molecule has 4 heteroatoms. The van der Waals surface area contributed by atoms with E-state index in [-0.39, 0.29) is 11.3 Å². The van der Waals surface area contributed by atoms with Crippen LogP contribution < -0.4 is 5.73 Å². The molecule has 0 heterocycles. The topological polar surface area (TPSA) is 46.3 Å². The first-order valence-electron chi connectivity index (χ1n) is 6.78. The van der Waals surface area contributed by atoms with Gasteiger partial charge in [0.1, 0.15) is 0 Å². The summed E-state index contributed by atoms with van der Waals surface area (Å²) in [7, 11) is 1.83. The van der Waals surface area contributed by atoms with Gasteiger partial charge in [0.25, 0.3) is 0 Å². The Morgan fingerprint density at radius 1 is 1.37 bits per heavy atom. The molecule has 0 aromatic heterocycles. The maximum absolute atomic E-state index is 12.6. The van der Waals surface area contributed by atoms with Crippen LogP contribution in [0.5, 0.6) is 0 Å². The van der Waals surface area contributed by atoms with Gasteiger partial charge in [-0.25, -0.2) is 0 Å². The van der Waals surface area contributed by atoms with Gasteiger partial charge in [0.15, 0.2) is 0 Å². The number of carbonyl (C=O) groups excluding carboxylic acids is 1. The summed E-state index contributed by atoms with van der Waals surface area (Å²) in [6.45, 7) is 0.985. The number of hydrogen-bond acceptors (Lipinski definition) is 2. The molecule has 19 heavy (non-hydrogen) atoms. The largest absolute Gasteiger partial charge is 0.341 e. The number of nitrogens with zero attached hydrogens (tertiary/aromatic N) is 1. The van der Waals surface area contributed by atoms with Crippen molar-refractivity contribution < 1.29 is 4.79 Å². The van der Waals surface area contributed by atoms with Crippen molar-refractivity contribution in [2.75, 3.05) is 13.6 Å². The molecule has 0 atom stereocenters. The number of amides is 1. The molecule has 1 aliphatic carbocycles. The highest BCUT2D eigenvalue weighted by Crippen LogP contribution is 2.38. The van der Waals surface area contributed by atoms with E-state index in [1.54, 1.807) is 4.90 Å². The third kappa shape index (κ3) is 2.93. The molecule has 1 amide bonds. The molecule has 0 aliphatic heterocycles. The highest BCUT2D eigenvalue weighted by Gasteiger charge is 2.41. The summed E-state index contributed by atoms with van der Waals surface area (Å²) < 4.78 is 0. The van der Waals surface area contributed by atoms with Crippen LogP contribution in [0.4, 0.5) is 0 Å². The van der Waals surface area contributed by atoms with Crippen molar-refractivity contribution in [1.82, 2.24) is 4.90 Å². The summed E-state index contributed by atoms with van der Waals surface area (Å²) in [6.07, 6.45) is 4.02. The van der Waals surface area contributed by atoms with Gasteiger partial charge in [0.2, 0.25) is 5.91 Å². The molecule has 0 radical (unpaired) electrons. The standard InChI is InChI=1S/C15H21ClN2O/c1-18(10-12-6-2-3-7-13(12)16)14(19)15(11-17)8-4-5-9-15/h2-3,6-7H,4-5,8-11,17H2,1H3. The molecule has 1 aliphatic rings. The van der Waals surface area contributed by atoms with Crippen molar-refractivity contribution in [3.8, 4) is 0 Å². The van der Waals surface area contributed by atoms with Crippen LogP contribution in [-0.2, 0) is 11.3 Å². The zero-order chi connectivity index (χ0) is 13.9. The van der Waals surface area contributed by atoms with Crippen LogP contribution in [0.15, 0.2) is 24.3 Å². The first-order valence-corrected chi connectivity index (χ1v) is 7.16. The Kier molecular flexibility index (Phi) is 4.48. The van der Waals surface area contributed by atoms with Crippen LogP contribution in [0.2, 0.25) is 5.02 Å². The van der Waals surface area contributed by atoms with Crippen molar-refractivity contribution in [3.63, 3.8) is 0 Å². The number of nitrogens with two attached hydrogens (primary N) is 1. The minimum atomic E-state index is -0.337. The predicted octanol–water partition coefficient (Wildman–Crippen LogP) is 2.82. The fourth-order valence-electron chi connectivity index (χ4n) is 2.92. The number of rotatable bonds is 4. The Balaban J connectivity index is 2.09. The van der Waals surface area contributed by atoms with E-state index in [4.69, 9.17) is 17.3 Å². The van der Waals surface area contributed by atoms with Gasteiger partial charge in [0.05, 0.1) is 5.41 Å². The lowest BCUT2D eigenvalue weighted by Crippen LogP contribution is -2.44. The lowest BCUT2D eigenvalue weighted by molar-refractivity contribution is -0.140. The zero-order valence-corrected chi connectivity index (χ0v) is 12.1. The van der Waals surface area contributed by atoms with Crippen molar-refractivity contribution in [2.45, 2.75) is 32.2 Å². The van der Waals surface area contributed by atoms with Crippen LogP contribution in [0.25, 0.3) is 0 Å². The molecule has 0 saturated heterocycles. The van der Waals surface area contributed by atoms with Gasteiger partial charge in [-0.15, -0.1) is 0 Å². The summed E-state index contributed by atoms with van der Waals surface area (Å²) in [5.74, 6) is 0.160. The van der Waals surface area contributed by atoms with E-state index >= 15 is 0 Å². The number of hydrogen-bond donors (Lipinski definition) is 1. The van der Waals surface area contributed by atoms with Gasteiger partial charge in [0, 0.05) is 25.2 Å². The van der Waals surface area contributed by atoms with Crippen LogP contribution in [0.1, 0.15) is 31.2 Å². The van der Waals surface area contributed by atoms with Gasteiger partial charge in [-0.2, -0.15) is 0 Å². The molecular formula is C15H21ClN2O. The number of benzene rings is 1. The number of halogens is 1. The van der Waals surface area contributed by atoms with Gasteiger partial charge in [-0.05, 0) is 24.5 Å². The van der Waals surface area contributed by atoms with Crippen molar-refractivity contribution in [2.24, 2.45) is 11.1 Å². The molecule has 3 nitrogen and oxygen atoms in total. The fraction of sp³-hybridized carbons (Fsp3) is 0.533. The summed E-state index contributed by atoms with van der Waals surface area (Å²) >= 11 is 6.14. The molecule has 1 saturated carbocycles. The zero-order valence-electron chi connectivity index (χ0n) is 11.4. The average molecular weight is 281 g/mol. The smallest absolute Gasteiger partial charge is 0.230 e.